The van der Waals surface area contributed by atoms with Crippen molar-refractivity contribution in [2.45, 2.75) is 13.0 Å². The summed E-state index contributed by atoms with van der Waals surface area (Å²) in [6.45, 7) is 0.459. The van der Waals surface area contributed by atoms with Gasteiger partial charge in [-0.15, -0.1) is 0 Å². The van der Waals surface area contributed by atoms with Crippen molar-refractivity contribution in [3.05, 3.63) is 95.6 Å². The molecule has 0 heterocycles. The minimum Gasteiger partial charge on any atom is -0.496 e. The zero-order chi connectivity index (χ0) is 19.1. The lowest BCUT2D eigenvalue weighted by Gasteiger charge is -2.08. The number of Topliss-reactive ketones (excluding diaryl/α,β-unsaturated/α-hetero) is 2. The number of hydrogen-bond acceptors (Lipinski definition) is 4. The molecule has 3 aromatic carbocycles. The number of carbonyl (C=O) groups excluding carboxylic acids is 2. The molecule has 0 aliphatic heterocycles. The highest BCUT2D eigenvalue weighted by Crippen LogP contribution is 2.21. The van der Waals surface area contributed by atoms with Crippen molar-refractivity contribution in [2.24, 2.45) is 0 Å². The molecule has 0 N–H and O–H groups in total. The highest BCUT2D eigenvalue weighted by Gasteiger charge is 2.17. The van der Waals surface area contributed by atoms with Crippen LogP contribution in [0.3, 0.4) is 0 Å². The van der Waals surface area contributed by atoms with Crippen LogP contribution < -0.4 is 9.47 Å². The molecule has 0 saturated heterocycles. The van der Waals surface area contributed by atoms with Crippen LogP contribution in [0.25, 0.3) is 0 Å². The lowest BCUT2D eigenvalue weighted by molar-refractivity contribution is 0.0893. The first-order valence-corrected chi connectivity index (χ1v) is 8.63. The van der Waals surface area contributed by atoms with Crippen LogP contribution in [0.1, 0.15) is 32.7 Å². The summed E-state index contributed by atoms with van der Waals surface area (Å²) in [6.07, 6.45) is -0.204. The van der Waals surface area contributed by atoms with Gasteiger partial charge in [0.05, 0.1) is 19.1 Å². The molecule has 0 unspecified atom stereocenters. The molecule has 0 aliphatic rings. The monoisotopic (exact) mass is 360 g/mol. The number of para-hydroxylation sites is 1. The van der Waals surface area contributed by atoms with Crippen molar-refractivity contribution in [1.29, 1.82) is 0 Å². The average Bonchev–Trinajstić information content (AvgIpc) is 2.73. The molecule has 3 aromatic rings. The Morgan fingerprint density at radius 1 is 0.778 bits per heavy atom. The van der Waals surface area contributed by atoms with Gasteiger partial charge in [-0.05, 0) is 42.0 Å². The maximum absolute atomic E-state index is 12.4. The van der Waals surface area contributed by atoms with E-state index in [9.17, 15) is 9.59 Å². The third-order valence-electron chi connectivity index (χ3n) is 4.15. The topological polar surface area (TPSA) is 52.6 Å². The molecule has 0 fully saturated rings. The first-order chi connectivity index (χ1) is 13.2. The Labute approximate surface area is 158 Å². The summed E-state index contributed by atoms with van der Waals surface area (Å²) in [4.78, 5) is 24.8. The van der Waals surface area contributed by atoms with Crippen molar-refractivity contribution in [1.82, 2.24) is 0 Å². The Hall–Kier alpha value is -3.40. The molecule has 0 atom stereocenters. The van der Waals surface area contributed by atoms with Crippen LogP contribution in [0.4, 0.5) is 0 Å². The van der Waals surface area contributed by atoms with E-state index >= 15 is 0 Å². The van der Waals surface area contributed by atoms with Gasteiger partial charge in [0, 0.05) is 5.56 Å². The van der Waals surface area contributed by atoms with Gasteiger partial charge >= 0.3 is 0 Å². The Kier molecular flexibility index (Phi) is 6.00. The summed E-state index contributed by atoms with van der Waals surface area (Å²) >= 11 is 0. The van der Waals surface area contributed by atoms with E-state index in [2.05, 4.69) is 0 Å². The number of methoxy groups -OCH3 is 1. The molecule has 136 valence electrons. The highest BCUT2D eigenvalue weighted by atomic mass is 16.5. The van der Waals surface area contributed by atoms with Gasteiger partial charge < -0.3 is 9.47 Å². The van der Waals surface area contributed by atoms with E-state index < -0.39 is 0 Å². The Morgan fingerprint density at radius 2 is 1.44 bits per heavy atom. The maximum Gasteiger partial charge on any atom is 0.174 e. The number of benzene rings is 3. The molecule has 0 aliphatic carbocycles. The normalized spacial score (nSPS) is 10.3. The standard InChI is InChI=1S/C23H20O4/c1-26-23-10-6-5-9-20(23)22(25)15-21(24)18-11-13-19(14-12-18)27-16-17-7-3-2-4-8-17/h2-14H,15-16H2,1H3. The van der Waals surface area contributed by atoms with Gasteiger partial charge in [0.15, 0.2) is 11.6 Å². The van der Waals surface area contributed by atoms with Crippen molar-refractivity contribution in [3.8, 4) is 11.5 Å². The molecule has 4 heteroatoms. The van der Waals surface area contributed by atoms with Crippen molar-refractivity contribution in [3.63, 3.8) is 0 Å². The number of ether oxygens (including phenoxy) is 2. The second-order valence-electron chi connectivity index (χ2n) is 6.02. The summed E-state index contributed by atoms with van der Waals surface area (Å²) in [5.41, 5.74) is 1.96. The van der Waals surface area contributed by atoms with Gasteiger partial charge in [-0.3, -0.25) is 9.59 Å². The fraction of sp³-hybridized carbons (Fsp3) is 0.130. The molecule has 4 nitrogen and oxygen atoms in total. The van der Waals surface area contributed by atoms with Gasteiger partial charge in [-0.1, -0.05) is 42.5 Å². The third kappa shape index (κ3) is 4.82. The van der Waals surface area contributed by atoms with Crippen LogP contribution in [-0.4, -0.2) is 18.7 Å². The zero-order valence-corrected chi connectivity index (χ0v) is 15.1. The molecule has 0 bridgehead atoms. The van der Waals surface area contributed by atoms with E-state index in [0.29, 0.717) is 29.2 Å². The van der Waals surface area contributed by atoms with Crippen LogP contribution >= 0.6 is 0 Å². The average molecular weight is 360 g/mol. The summed E-state index contributed by atoms with van der Waals surface area (Å²) in [7, 11) is 1.50. The molecule has 27 heavy (non-hydrogen) atoms. The van der Waals surface area contributed by atoms with E-state index in [1.807, 2.05) is 30.3 Å². The van der Waals surface area contributed by atoms with Crippen LogP contribution in [0, 0.1) is 0 Å². The summed E-state index contributed by atoms with van der Waals surface area (Å²) in [5, 5.41) is 0. The minimum absolute atomic E-state index is 0.204. The Morgan fingerprint density at radius 3 is 2.15 bits per heavy atom. The molecule has 0 aromatic heterocycles. The lowest BCUT2D eigenvalue weighted by Crippen LogP contribution is -2.09. The van der Waals surface area contributed by atoms with Gasteiger partial charge in [0.1, 0.15) is 18.1 Å². The van der Waals surface area contributed by atoms with Crippen LogP contribution in [0.5, 0.6) is 11.5 Å². The Bertz CT molecular complexity index is 915. The summed E-state index contributed by atoms with van der Waals surface area (Å²) in [6, 6.07) is 23.6. The number of hydrogen-bond donors (Lipinski definition) is 0. The fourth-order valence-electron chi connectivity index (χ4n) is 2.70. The van der Waals surface area contributed by atoms with E-state index in [1.165, 1.54) is 7.11 Å². The molecule has 0 saturated carbocycles. The van der Waals surface area contributed by atoms with Crippen molar-refractivity contribution >= 4 is 11.6 Å². The van der Waals surface area contributed by atoms with Crippen LogP contribution in [0.15, 0.2) is 78.9 Å². The third-order valence-corrected chi connectivity index (χ3v) is 4.15. The summed E-state index contributed by atoms with van der Waals surface area (Å²) < 4.78 is 10.9. The van der Waals surface area contributed by atoms with E-state index in [-0.39, 0.29) is 18.0 Å². The number of ketones is 2. The van der Waals surface area contributed by atoms with Crippen LogP contribution in [0.2, 0.25) is 0 Å². The minimum atomic E-state index is -0.262. The zero-order valence-electron chi connectivity index (χ0n) is 15.1. The molecule has 3 rings (SSSR count). The second kappa shape index (κ2) is 8.81. The first kappa shape index (κ1) is 18.4. The predicted molar refractivity (Wildman–Crippen MR) is 103 cm³/mol. The van der Waals surface area contributed by atoms with Gasteiger partial charge in [0.2, 0.25) is 0 Å². The molecule has 0 radical (unpaired) electrons. The van der Waals surface area contributed by atoms with E-state index in [1.54, 1.807) is 48.5 Å². The SMILES string of the molecule is COc1ccccc1C(=O)CC(=O)c1ccc(OCc2ccccc2)cc1. The number of carbonyl (C=O) groups is 2. The molecular weight excluding hydrogens is 340 g/mol. The van der Waals surface area contributed by atoms with Crippen LogP contribution in [-0.2, 0) is 6.61 Å². The van der Waals surface area contributed by atoms with Crippen molar-refractivity contribution in [2.75, 3.05) is 7.11 Å². The number of rotatable bonds is 8. The first-order valence-electron chi connectivity index (χ1n) is 8.63. The molecular formula is C23H20O4. The van der Waals surface area contributed by atoms with Gasteiger partial charge in [0.25, 0.3) is 0 Å². The molecule has 0 spiro atoms. The highest BCUT2D eigenvalue weighted by molar-refractivity contribution is 6.14. The van der Waals surface area contributed by atoms with Gasteiger partial charge in [-0.2, -0.15) is 0 Å². The largest absolute Gasteiger partial charge is 0.496 e. The Balaban J connectivity index is 1.61. The van der Waals surface area contributed by atoms with E-state index in [4.69, 9.17) is 9.47 Å². The maximum atomic E-state index is 12.4. The smallest absolute Gasteiger partial charge is 0.174 e. The summed E-state index contributed by atoms with van der Waals surface area (Å²) in [5.74, 6) is 0.647. The second-order valence-corrected chi connectivity index (χ2v) is 6.02. The van der Waals surface area contributed by atoms with Crippen molar-refractivity contribution < 1.29 is 19.1 Å². The quantitative estimate of drug-likeness (QED) is 0.430. The van der Waals surface area contributed by atoms with Gasteiger partial charge in [-0.25, -0.2) is 0 Å². The predicted octanol–water partition coefficient (Wildman–Crippen LogP) is 4.73. The fourth-order valence-corrected chi connectivity index (χ4v) is 2.70. The molecule has 0 amide bonds. The van der Waals surface area contributed by atoms with E-state index in [0.717, 1.165) is 5.56 Å². The lowest BCUT2D eigenvalue weighted by atomic mass is 10.0.